The van der Waals surface area contributed by atoms with Crippen molar-refractivity contribution in [3.05, 3.63) is 0 Å². The van der Waals surface area contributed by atoms with Crippen LogP contribution in [0.5, 0.6) is 0 Å². The normalized spacial score (nSPS) is 24.6. The van der Waals surface area contributed by atoms with Crippen LogP contribution in [-0.2, 0) is 4.79 Å². The first-order valence-electron chi connectivity index (χ1n) is 6.63. The van der Waals surface area contributed by atoms with E-state index in [-0.39, 0.29) is 32.0 Å². The number of hydrogen-bond acceptors (Lipinski definition) is 2. The number of carbonyl (C=O) groups excluding carboxylic acids is 1. The Balaban J connectivity index is 1.68. The quantitative estimate of drug-likeness (QED) is 0.747. The van der Waals surface area contributed by atoms with Crippen molar-refractivity contribution in [2.75, 3.05) is 26.2 Å². The van der Waals surface area contributed by atoms with Gasteiger partial charge < -0.3 is 4.90 Å². The number of hydrogen-bond donors (Lipinski definition) is 0. The van der Waals surface area contributed by atoms with Crippen molar-refractivity contribution in [3.8, 4) is 0 Å². The predicted molar refractivity (Wildman–Crippen MR) is 61.4 cm³/mol. The number of likely N-dealkylation sites (tertiary alicyclic amines) is 2. The molecular weight excluding hydrogens is 283 g/mol. The van der Waals surface area contributed by atoms with Crippen LogP contribution in [-0.4, -0.2) is 60.0 Å². The molecule has 0 atom stereocenters. The van der Waals surface area contributed by atoms with Crippen molar-refractivity contribution in [1.29, 1.82) is 0 Å². The maximum Gasteiger partial charge on any atom is 0.389 e. The molecule has 2 saturated heterocycles. The summed E-state index contributed by atoms with van der Waals surface area (Å²) < 4.78 is 61.9. The third-order valence-corrected chi connectivity index (χ3v) is 3.88. The summed E-state index contributed by atoms with van der Waals surface area (Å²) in [5, 5.41) is 0. The lowest BCUT2D eigenvalue weighted by Crippen LogP contribution is -2.62. The van der Waals surface area contributed by atoms with Crippen molar-refractivity contribution in [2.45, 2.75) is 43.8 Å². The predicted octanol–water partition coefficient (Wildman–Crippen LogP) is 2.27. The van der Waals surface area contributed by atoms with Crippen LogP contribution in [0.3, 0.4) is 0 Å². The number of carbonyl (C=O) groups is 1. The topological polar surface area (TPSA) is 23.6 Å². The summed E-state index contributed by atoms with van der Waals surface area (Å²) in [6.07, 6.45) is -6.34. The van der Waals surface area contributed by atoms with Crippen molar-refractivity contribution in [1.82, 2.24) is 9.80 Å². The molecule has 0 N–H and O–H groups in total. The summed E-state index contributed by atoms with van der Waals surface area (Å²) in [6.45, 7) is 1.26. The van der Waals surface area contributed by atoms with Crippen LogP contribution in [0.4, 0.5) is 22.0 Å². The Morgan fingerprint density at radius 3 is 2.20 bits per heavy atom. The van der Waals surface area contributed by atoms with E-state index in [1.807, 2.05) is 4.90 Å². The second-order valence-electron chi connectivity index (χ2n) is 5.46. The Morgan fingerprint density at radius 2 is 1.70 bits per heavy atom. The zero-order chi connectivity index (χ0) is 15.0. The van der Waals surface area contributed by atoms with Gasteiger partial charge in [0.1, 0.15) is 0 Å². The monoisotopic (exact) mass is 300 g/mol. The van der Waals surface area contributed by atoms with E-state index in [4.69, 9.17) is 0 Å². The molecule has 0 saturated carbocycles. The van der Waals surface area contributed by atoms with Gasteiger partial charge in [-0.25, -0.2) is 8.78 Å². The van der Waals surface area contributed by atoms with Gasteiger partial charge in [-0.05, 0) is 0 Å². The van der Waals surface area contributed by atoms with Crippen LogP contribution in [0.15, 0.2) is 0 Å². The number of amides is 1. The Morgan fingerprint density at radius 1 is 1.15 bits per heavy atom. The van der Waals surface area contributed by atoms with Gasteiger partial charge in [0.05, 0.1) is 6.42 Å². The van der Waals surface area contributed by atoms with Gasteiger partial charge in [0, 0.05) is 51.5 Å². The van der Waals surface area contributed by atoms with E-state index in [1.165, 1.54) is 4.90 Å². The Kier molecular flexibility index (Phi) is 4.22. The number of piperidine rings is 1. The van der Waals surface area contributed by atoms with E-state index in [2.05, 4.69) is 0 Å². The average molecular weight is 300 g/mol. The average Bonchev–Trinajstić information content (AvgIpc) is 2.25. The Bertz CT molecular complexity index is 355. The van der Waals surface area contributed by atoms with Gasteiger partial charge >= 0.3 is 6.18 Å². The smallest absolute Gasteiger partial charge is 0.339 e. The maximum atomic E-state index is 13.0. The number of rotatable bonds is 3. The first-order chi connectivity index (χ1) is 9.16. The molecule has 2 rings (SSSR count). The molecule has 8 heteroatoms. The first kappa shape index (κ1) is 15.5. The lowest BCUT2D eigenvalue weighted by Gasteiger charge is -2.47. The summed E-state index contributed by atoms with van der Waals surface area (Å²) in [5.41, 5.74) is 0. The highest BCUT2D eigenvalue weighted by Crippen LogP contribution is 2.30. The van der Waals surface area contributed by atoms with E-state index < -0.39 is 30.8 Å². The second kappa shape index (κ2) is 5.46. The van der Waals surface area contributed by atoms with Gasteiger partial charge in [-0.1, -0.05) is 0 Å². The van der Waals surface area contributed by atoms with Gasteiger partial charge in [-0.2, -0.15) is 13.2 Å². The molecule has 2 aliphatic rings. The molecule has 0 radical (unpaired) electrons. The van der Waals surface area contributed by atoms with Gasteiger partial charge in [-0.3, -0.25) is 9.69 Å². The fourth-order valence-electron chi connectivity index (χ4n) is 2.51. The van der Waals surface area contributed by atoms with Crippen molar-refractivity contribution in [2.24, 2.45) is 0 Å². The fourth-order valence-corrected chi connectivity index (χ4v) is 2.51. The summed E-state index contributed by atoms with van der Waals surface area (Å²) in [7, 11) is 0. The molecule has 0 spiro atoms. The van der Waals surface area contributed by atoms with E-state index in [1.54, 1.807) is 0 Å². The van der Waals surface area contributed by atoms with Crippen LogP contribution in [0.2, 0.25) is 0 Å². The number of halogens is 5. The largest absolute Gasteiger partial charge is 0.389 e. The second-order valence-corrected chi connectivity index (χ2v) is 5.46. The molecule has 3 nitrogen and oxygen atoms in total. The molecule has 0 aliphatic carbocycles. The summed E-state index contributed by atoms with van der Waals surface area (Å²) in [5.74, 6) is -3.12. The van der Waals surface area contributed by atoms with E-state index in [0.29, 0.717) is 13.1 Å². The first-order valence-corrected chi connectivity index (χ1v) is 6.63. The zero-order valence-electron chi connectivity index (χ0n) is 10.9. The molecule has 2 aliphatic heterocycles. The third kappa shape index (κ3) is 4.04. The molecule has 116 valence electrons. The number of alkyl halides is 5. The molecule has 2 fully saturated rings. The zero-order valence-corrected chi connectivity index (χ0v) is 10.9. The van der Waals surface area contributed by atoms with E-state index in [0.717, 1.165) is 0 Å². The standard InChI is InChI=1S/C12H17F5N2O/c13-11(14)3-5-18(6-4-11)9-7-19(8-9)10(20)1-2-12(15,16)17/h9H,1-8H2. The molecule has 0 bridgehead atoms. The molecule has 0 aromatic carbocycles. The van der Waals surface area contributed by atoms with Gasteiger partial charge in [0.15, 0.2) is 0 Å². The molecule has 20 heavy (non-hydrogen) atoms. The molecule has 0 aromatic heterocycles. The minimum atomic E-state index is -4.32. The molecule has 1 amide bonds. The summed E-state index contributed by atoms with van der Waals surface area (Å²) >= 11 is 0. The van der Waals surface area contributed by atoms with E-state index >= 15 is 0 Å². The molecule has 0 unspecified atom stereocenters. The minimum absolute atomic E-state index is 0.0148. The third-order valence-electron chi connectivity index (χ3n) is 3.88. The fraction of sp³-hybridized carbons (Fsp3) is 0.917. The lowest BCUT2D eigenvalue weighted by molar-refractivity contribution is -0.154. The van der Waals surface area contributed by atoms with Gasteiger partial charge in [0.2, 0.25) is 5.91 Å². The highest BCUT2D eigenvalue weighted by atomic mass is 19.4. The molecular formula is C12H17F5N2O. The summed E-state index contributed by atoms with van der Waals surface area (Å²) in [4.78, 5) is 14.7. The van der Waals surface area contributed by atoms with Crippen molar-refractivity contribution in [3.63, 3.8) is 0 Å². The van der Waals surface area contributed by atoms with Crippen molar-refractivity contribution < 1.29 is 26.7 Å². The Labute approximate surface area is 113 Å². The van der Waals surface area contributed by atoms with Crippen LogP contribution in [0.25, 0.3) is 0 Å². The molecule has 0 aromatic rings. The molecule has 2 heterocycles. The van der Waals surface area contributed by atoms with Crippen LogP contribution < -0.4 is 0 Å². The van der Waals surface area contributed by atoms with E-state index in [9.17, 15) is 26.7 Å². The van der Waals surface area contributed by atoms with Crippen LogP contribution in [0.1, 0.15) is 25.7 Å². The highest BCUT2D eigenvalue weighted by Gasteiger charge is 2.41. The van der Waals surface area contributed by atoms with Crippen molar-refractivity contribution >= 4 is 5.91 Å². The van der Waals surface area contributed by atoms with Crippen LogP contribution >= 0.6 is 0 Å². The summed E-state index contributed by atoms with van der Waals surface area (Å²) in [6, 6.07) is 0.0148. The van der Waals surface area contributed by atoms with Gasteiger partial charge in [-0.15, -0.1) is 0 Å². The SMILES string of the molecule is O=C(CCC(F)(F)F)N1CC(N2CCC(F)(F)CC2)C1. The van der Waals surface area contributed by atoms with Crippen LogP contribution in [0, 0.1) is 0 Å². The number of nitrogens with zero attached hydrogens (tertiary/aromatic N) is 2. The minimum Gasteiger partial charge on any atom is -0.339 e. The van der Waals surface area contributed by atoms with Gasteiger partial charge in [0.25, 0.3) is 5.92 Å². The highest BCUT2D eigenvalue weighted by molar-refractivity contribution is 5.77. The lowest BCUT2D eigenvalue weighted by atomic mass is 10.00. The maximum absolute atomic E-state index is 13.0. The Hall–Kier alpha value is -0.920.